The molecular weight excluding hydrogens is 338 g/mol. The molecule has 0 amide bonds. The second-order valence-electron chi connectivity index (χ2n) is 7.97. The number of alkyl halides is 1. The van der Waals surface area contributed by atoms with Crippen molar-refractivity contribution < 1.29 is 4.74 Å². The van der Waals surface area contributed by atoms with Gasteiger partial charge in [0.2, 0.25) is 0 Å². The molecule has 1 aliphatic heterocycles. The van der Waals surface area contributed by atoms with Crippen LogP contribution >= 0.6 is 11.6 Å². The Morgan fingerprint density at radius 3 is 2.75 bits per heavy atom. The molecule has 0 bridgehead atoms. The summed E-state index contributed by atoms with van der Waals surface area (Å²) < 4.78 is 8.00. The first-order valence-electron chi connectivity index (χ1n) is 8.74. The molecule has 2 unspecified atom stereocenters. The van der Waals surface area contributed by atoms with E-state index in [1.165, 1.54) is 11.6 Å². The van der Waals surface area contributed by atoms with Crippen LogP contribution in [0.2, 0.25) is 25.7 Å². The van der Waals surface area contributed by atoms with Crippen molar-refractivity contribution in [3.05, 3.63) is 30.1 Å². The van der Waals surface area contributed by atoms with Gasteiger partial charge in [0.15, 0.2) is 0 Å². The van der Waals surface area contributed by atoms with Gasteiger partial charge in [0.1, 0.15) is 6.73 Å². The van der Waals surface area contributed by atoms with Gasteiger partial charge in [-0.1, -0.05) is 31.8 Å². The van der Waals surface area contributed by atoms with Gasteiger partial charge in [-0.25, -0.2) is 4.98 Å². The van der Waals surface area contributed by atoms with E-state index in [1.54, 1.807) is 0 Å². The van der Waals surface area contributed by atoms with Crippen LogP contribution in [-0.2, 0) is 11.5 Å². The van der Waals surface area contributed by atoms with Crippen molar-refractivity contribution in [3.63, 3.8) is 0 Å². The fourth-order valence-corrected chi connectivity index (χ4v) is 4.32. The van der Waals surface area contributed by atoms with Crippen LogP contribution in [0.1, 0.15) is 24.4 Å². The Labute approximate surface area is 150 Å². The summed E-state index contributed by atoms with van der Waals surface area (Å²) in [5.41, 5.74) is 3.62. The van der Waals surface area contributed by atoms with Crippen LogP contribution in [-0.4, -0.2) is 41.7 Å². The number of fused-ring (bicyclic) bond motifs is 1. The van der Waals surface area contributed by atoms with Crippen molar-refractivity contribution >= 4 is 30.7 Å². The quantitative estimate of drug-likeness (QED) is 0.322. The number of hydrogen-bond acceptors (Lipinski definition) is 3. The van der Waals surface area contributed by atoms with Crippen molar-refractivity contribution in [1.29, 1.82) is 0 Å². The fraction of sp³-hybridized carbons (Fsp3) is 0.611. The first-order valence-corrected chi connectivity index (χ1v) is 12.9. The Kier molecular flexibility index (Phi) is 5.35. The molecule has 0 N–H and O–H groups in total. The Morgan fingerprint density at radius 1 is 1.29 bits per heavy atom. The number of benzene rings is 1. The molecule has 1 aromatic carbocycles. The van der Waals surface area contributed by atoms with Crippen LogP contribution in [0.15, 0.2) is 24.5 Å². The molecule has 0 radical (unpaired) electrons. The third-order valence-corrected chi connectivity index (χ3v) is 7.11. The van der Waals surface area contributed by atoms with Crippen molar-refractivity contribution in [2.24, 2.45) is 0 Å². The molecule has 2 aromatic rings. The number of rotatable bonds is 6. The van der Waals surface area contributed by atoms with Gasteiger partial charge >= 0.3 is 0 Å². The van der Waals surface area contributed by atoms with Crippen molar-refractivity contribution in [1.82, 2.24) is 14.5 Å². The van der Waals surface area contributed by atoms with Crippen LogP contribution in [0.3, 0.4) is 0 Å². The van der Waals surface area contributed by atoms with Crippen LogP contribution < -0.4 is 0 Å². The Bertz CT molecular complexity index is 697. The zero-order chi connectivity index (χ0) is 17.3. The van der Waals surface area contributed by atoms with Gasteiger partial charge in [-0.3, -0.25) is 4.90 Å². The second-order valence-corrected chi connectivity index (χ2v) is 14.1. The van der Waals surface area contributed by atoms with Crippen LogP contribution in [0, 0.1) is 0 Å². The first-order chi connectivity index (χ1) is 11.4. The summed E-state index contributed by atoms with van der Waals surface area (Å²) in [6, 6.07) is 7.97. The topological polar surface area (TPSA) is 30.3 Å². The number of halogens is 1. The zero-order valence-corrected chi connectivity index (χ0v) is 16.9. The van der Waals surface area contributed by atoms with Crippen molar-refractivity contribution in [2.45, 2.75) is 56.8 Å². The van der Waals surface area contributed by atoms with Crippen LogP contribution in [0.4, 0.5) is 0 Å². The zero-order valence-electron chi connectivity index (χ0n) is 15.1. The minimum atomic E-state index is -1.04. The van der Waals surface area contributed by atoms with E-state index in [4.69, 9.17) is 16.3 Å². The Morgan fingerprint density at radius 2 is 2.08 bits per heavy atom. The van der Waals surface area contributed by atoms with Gasteiger partial charge in [0.05, 0.1) is 22.9 Å². The normalized spacial score (nSPS) is 22.5. The predicted molar refractivity (Wildman–Crippen MR) is 103 cm³/mol. The van der Waals surface area contributed by atoms with E-state index in [9.17, 15) is 0 Å². The van der Waals surface area contributed by atoms with E-state index in [-0.39, 0.29) is 5.50 Å². The molecule has 2 heterocycles. The third kappa shape index (κ3) is 3.85. The lowest BCUT2D eigenvalue weighted by Gasteiger charge is -2.22. The standard InChI is InChI=1S/C18H28ClN3OSi/c1-21-15(8-9-17(21)19)14-6-5-7-16-18(14)20-12-22(16)13-23-10-11-24(2,3)4/h5-7,12,15,17H,8-11,13H2,1-4H3. The van der Waals surface area contributed by atoms with Gasteiger partial charge in [-0.05, 0) is 37.6 Å². The molecule has 1 aliphatic rings. The number of nitrogens with zero attached hydrogens (tertiary/aromatic N) is 3. The summed E-state index contributed by atoms with van der Waals surface area (Å²) in [7, 11) is 1.06. The van der Waals surface area contributed by atoms with E-state index >= 15 is 0 Å². The lowest BCUT2D eigenvalue weighted by molar-refractivity contribution is 0.0898. The number of aromatic nitrogens is 2. The number of imidazole rings is 1. The molecule has 1 saturated heterocycles. The van der Waals surface area contributed by atoms with Crippen LogP contribution in [0.25, 0.3) is 11.0 Å². The molecule has 0 saturated carbocycles. The van der Waals surface area contributed by atoms with Crippen molar-refractivity contribution in [3.8, 4) is 0 Å². The van der Waals surface area contributed by atoms with E-state index < -0.39 is 8.07 Å². The van der Waals surface area contributed by atoms with E-state index in [2.05, 4.69) is 59.3 Å². The fourth-order valence-electron chi connectivity index (χ4n) is 3.30. The molecule has 6 heteroatoms. The molecule has 4 nitrogen and oxygen atoms in total. The summed E-state index contributed by atoms with van der Waals surface area (Å²) in [4.78, 5) is 6.92. The maximum atomic E-state index is 6.37. The monoisotopic (exact) mass is 365 g/mol. The van der Waals surface area contributed by atoms with Gasteiger partial charge in [0.25, 0.3) is 0 Å². The SMILES string of the molecule is CN1C(Cl)CCC1c1cccc2c1ncn2COCC[Si](C)(C)C. The minimum Gasteiger partial charge on any atom is -0.361 e. The first kappa shape index (κ1) is 17.9. The van der Waals surface area contributed by atoms with E-state index in [0.29, 0.717) is 12.8 Å². The van der Waals surface area contributed by atoms with Gasteiger partial charge in [-0.2, -0.15) is 0 Å². The minimum absolute atomic E-state index is 0.122. The van der Waals surface area contributed by atoms with Gasteiger partial charge in [-0.15, -0.1) is 11.6 Å². The number of likely N-dealkylation sites (tertiary alicyclic amines) is 1. The molecule has 2 atom stereocenters. The molecular formula is C18H28ClN3OSi. The second kappa shape index (κ2) is 7.16. The number of hydrogen-bond donors (Lipinski definition) is 0. The lowest BCUT2D eigenvalue weighted by atomic mass is 10.0. The Balaban J connectivity index is 1.75. The molecule has 1 fully saturated rings. The Hall–Kier alpha value is -0.883. The highest BCUT2D eigenvalue weighted by atomic mass is 35.5. The highest BCUT2D eigenvalue weighted by molar-refractivity contribution is 6.76. The largest absolute Gasteiger partial charge is 0.361 e. The molecule has 0 spiro atoms. The van der Waals surface area contributed by atoms with Crippen molar-refractivity contribution in [2.75, 3.05) is 13.7 Å². The van der Waals surface area contributed by atoms with Crippen LogP contribution in [0.5, 0.6) is 0 Å². The molecule has 1 aromatic heterocycles. The lowest BCUT2D eigenvalue weighted by Crippen LogP contribution is -2.23. The number of ether oxygens (including phenoxy) is 1. The predicted octanol–water partition coefficient (Wildman–Crippen LogP) is 4.68. The maximum absolute atomic E-state index is 6.37. The average molecular weight is 366 g/mol. The highest BCUT2D eigenvalue weighted by Crippen LogP contribution is 2.38. The summed E-state index contributed by atoms with van der Waals surface area (Å²) in [6.45, 7) is 8.52. The average Bonchev–Trinajstić information content (AvgIpc) is 3.08. The molecule has 0 aliphatic carbocycles. The third-order valence-electron chi connectivity index (χ3n) is 4.88. The smallest absolute Gasteiger partial charge is 0.124 e. The van der Waals surface area contributed by atoms with Gasteiger partial charge in [0, 0.05) is 20.7 Å². The van der Waals surface area contributed by atoms with Gasteiger partial charge < -0.3 is 9.30 Å². The molecule has 3 rings (SSSR count). The summed E-state index contributed by atoms with van der Waals surface area (Å²) >= 11 is 6.37. The summed E-state index contributed by atoms with van der Waals surface area (Å²) in [5.74, 6) is 0. The van der Waals surface area contributed by atoms with E-state index in [1.807, 2.05) is 6.33 Å². The maximum Gasteiger partial charge on any atom is 0.124 e. The van der Waals surface area contributed by atoms with E-state index in [0.717, 1.165) is 30.5 Å². The number of para-hydroxylation sites is 1. The summed E-state index contributed by atoms with van der Waals surface area (Å²) in [6.07, 6.45) is 4.01. The molecule has 24 heavy (non-hydrogen) atoms. The highest BCUT2D eigenvalue weighted by Gasteiger charge is 2.31. The molecule has 132 valence electrons. The summed E-state index contributed by atoms with van der Waals surface area (Å²) in [5, 5.41) is 0.